The van der Waals surface area contributed by atoms with Crippen LogP contribution in [-0.4, -0.2) is 67.6 Å². The van der Waals surface area contributed by atoms with Crippen LogP contribution >= 0.6 is 23.2 Å². The first kappa shape index (κ1) is 52.1. The number of carboxylic acid groups (broad SMARTS) is 2. The van der Waals surface area contributed by atoms with Crippen molar-refractivity contribution in [2.75, 3.05) is 13.1 Å². The van der Waals surface area contributed by atoms with Crippen LogP contribution < -0.4 is 29.6 Å². The van der Waals surface area contributed by atoms with Crippen molar-refractivity contribution in [1.29, 1.82) is 10.5 Å². The Hall–Kier alpha value is -7.28. The van der Waals surface area contributed by atoms with Crippen LogP contribution in [0.2, 0.25) is 10.0 Å². The standard InChI is InChI=1S/C52H50Cl2N6O10/c1-31-33(27-67-49-19-47(69-29-39-11-5-9-37(21-55)59-39)35(15-45(49)53)23-57-25-41(61)17-51(63)64)7-3-13-43(31)44-14-4-8-34(32(44)2)28-68-50-20-48(70-30-40-12-6-10-38(22-56)60-40)36(16-46(50)54)24-58-26-42(62)18-52(65)66/h3-16,19-20,41-42,57-58,61-62H,17-18,23-30H2,1-2H3,(H,63,64)(H,65,66). The molecule has 0 aliphatic rings. The Labute approximate surface area is 414 Å². The highest BCUT2D eigenvalue weighted by atomic mass is 35.5. The average molecular weight is 990 g/mol. The van der Waals surface area contributed by atoms with Gasteiger partial charge in [0, 0.05) is 49.4 Å². The lowest BCUT2D eigenvalue weighted by Crippen LogP contribution is -2.28. The fourth-order valence-electron chi connectivity index (χ4n) is 7.33. The number of carbonyl (C=O) groups is 2. The molecule has 362 valence electrons. The quantitative estimate of drug-likeness (QED) is 0.0318. The van der Waals surface area contributed by atoms with Gasteiger partial charge in [-0.2, -0.15) is 10.5 Å². The van der Waals surface area contributed by atoms with Crippen LogP contribution in [0, 0.1) is 36.5 Å². The number of hydrogen-bond acceptors (Lipinski definition) is 14. The minimum absolute atomic E-state index is 0.0179. The molecule has 0 radical (unpaired) electrons. The third-order valence-corrected chi connectivity index (χ3v) is 11.6. The zero-order valence-electron chi connectivity index (χ0n) is 38.2. The number of pyridine rings is 2. The topological polar surface area (TPSA) is 249 Å². The number of aliphatic carboxylic acids is 2. The van der Waals surface area contributed by atoms with Gasteiger partial charge < -0.3 is 50.0 Å². The van der Waals surface area contributed by atoms with Gasteiger partial charge in [0.15, 0.2) is 0 Å². The van der Waals surface area contributed by atoms with Gasteiger partial charge in [0.2, 0.25) is 0 Å². The fourth-order valence-corrected chi connectivity index (χ4v) is 7.82. The molecule has 6 aromatic rings. The second kappa shape index (κ2) is 25.4. The second-order valence-corrected chi connectivity index (χ2v) is 16.9. The Morgan fingerprint density at radius 2 is 0.957 bits per heavy atom. The zero-order valence-corrected chi connectivity index (χ0v) is 39.8. The Balaban J connectivity index is 1.18. The summed E-state index contributed by atoms with van der Waals surface area (Å²) in [5, 5.41) is 63.6. The maximum Gasteiger partial charge on any atom is 0.306 e. The van der Waals surface area contributed by atoms with Crippen LogP contribution in [0.1, 0.15) is 69.0 Å². The largest absolute Gasteiger partial charge is 0.487 e. The Bertz CT molecular complexity index is 2710. The summed E-state index contributed by atoms with van der Waals surface area (Å²) in [5.74, 6) is -0.715. The molecule has 2 heterocycles. The first-order valence-electron chi connectivity index (χ1n) is 22.0. The molecule has 2 aromatic heterocycles. The van der Waals surface area contributed by atoms with Gasteiger partial charge in [-0.05, 0) is 83.6 Å². The van der Waals surface area contributed by atoms with E-state index in [2.05, 4.69) is 20.6 Å². The van der Waals surface area contributed by atoms with Gasteiger partial charge >= 0.3 is 11.9 Å². The van der Waals surface area contributed by atoms with Crippen molar-refractivity contribution in [2.24, 2.45) is 0 Å². The lowest BCUT2D eigenvalue weighted by Gasteiger charge is -2.19. The van der Waals surface area contributed by atoms with Crippen molar-refractivity contribution >= 4 is 35.1 Å². The van der Waals surface area contributed by atoms with Crippen LogP contribution in [0.25, 0.3) is 11.1 Å². The molecule has 70 heavy (non-hydrogen) atoms. The molecule has 0 aliphatic heterocycles. The Kier molecular flexibility index (Phi) is 18.9. The van der Waals surface area contributed by atoms with E-state index in [9.17, 15) is 30.3 Å². The van der Waals surface area contributed by atoms with Crippen LogP contribution in [0.3, 0.4) is 0 Å². The lowest BCUT2D eigenvalue weighted by atomic mass is 9.92. The predicted octanol–water partition coefficient (Wildman–Crippen LogP) is 7.98. The van der Waals surface area contributed by atoms with Gasteiger partial charge in [0.25, 0.3) is 0 Å². The number of aliphatic hydroxyl groups is 2. The molecule has 4 aromatic carbocycles. The van der Waals surface area contributed by atoms with Crippen molar-refractivity contribution in [3.8, 4) is 46.3 Å². The third kappa shape index (κ3) is 14.9. The molecule has 18 heteroatoms. The minimum atomic E-state index is -1.12. The first-order chi connectivity index (χ1) is 33.7. The molecular weight excluding hydrogens is 940 g/mol. The molecule has 0 saturated heterocycles. The fraction of sp³-hybridized carbons (Fsp3) is 0.269. The summed E-state index contributed by atoms with van der Waals surface area (Å²) in [4.78, 5) is 30.7. The molecular formula is C52H50Cl2N6O10. The molecule has 2 atom stereocenters. The number of hydrogen-bond donors (Lipinski definition) is 6. The number of carboxylic acids is 2. The summed E-state index contributed by atoms with van der Waals surface area (Å²) in [6.45, 7) is 4.83. The van der Waals surface area contributed by atoms with Gasteiger partial charge in [-0.1, -0.05) is 71.7 Å². The summed E-state index contributed by atoms with van der Waals surface area (Å²) in [6, 6.07) is 32.7. The number of nitrogens with zero attached hydrogens (tertiary/aromatic N) is 4. The Morgan fingerprint density at radius 1 is 0.571 bits per heavy atom. The minimum Gasteiger partial charge on any atom is -0.487 e. The summed E-state index contributed by atoms with van der Waals surface area (Å²) in [7, 11) is 0. The molecule has 2 unspecified atom stereocenters. The molecule has 6 rings (SSSR count). The number of ether oxygens (including phenoxy) is 4. The van der Waals surface area contributed by atoms with Gasteiger partial charge in [-0.25, -0.2) is 9.97 Å². The van der Waals surface area contributed by atoms with E-state index < -0.39 is 37.0 Å². The number of aromatic nitrogens is 2. The van der Waals surface area contributed by atoms with E-state index in [0.29, 0.717) is 55.6 Å². The summed E-state index contributed by atoms with van der Waals surface area (Å²) < 4.78 is 25.0. The molecule has 0 fully saturated rings. The highest BCUT2D eigenvalue weighted by Gasteiger charge is 2.19. The molecule has 6 N–H and O–H groups in total. The maximum atomic E-state index is 11.1. The maximum absolute atomic E-state index is 11.1. The lowest BCUT2D eigenvalue weighted by molar-refractivity contribution is -0.140. The molecule has 16 nitrogen and oxygen atoms in total. The number of nitriles is 2. The average Bonchev–Trinajstić information content (AvgIpc) is 3.33. The van der Waals surface area contributed by atoms with E-state index in [4.69, 9.17) is 52.4 Å². The molecule has 0 spiro atoms. The number of nitrogens with one attached hydrogen (secondary N) is 2. The van der Waals surface area contributed by atoms with E-state index in [1.807, 2.05) is 62.4 Å². The van der Waals surface area contributed by atoms with Crippen LogP contribution in [0.5, 0.6) is 23.0 Å². The van der Waals surface area contributed by atoms with E-state index in [1.165, 1.54) is 0 Å². The highest BCUT2D eigenvalue weighted by molar-refractivity contribution is 6.32. The normalized spacial score (nSPS) is 11.8. The molecule has 0 saturated carbocycles. The highest BCUT2D eigenvalue weighted by Crippen LogP contribution is 2.37. The van der Waals surface area contributed by atoms with Crippen molar-refractivity contribution < 1.29 is 49.0 Å². The number of rotatable bonds is 25. The summed E-state index contributed by atoms with van der Waals surface area (Å²) >= 11 is 13.6. The number of aliphatic hydroxyl groups excluding tert-OH is 2. The molecule has 0 amide bonds. The summed E-state index contributed by atoms with van der Waals surface area (Å²) in [6.07, 6.45) is -3.03. The van der Waals surface area contributed by atoms with Crippen molar-refractivity contribution in [2.45, 2.75) is 78.4 Å². The van der Waals surface area contributed by atoms with Gasteiger partial charge in [0.1, 0.15) is 73.0 Å². The SMILES string of the molecule is Cc1c(COc2cc(OCc3cccc(C#N)n3)c(CNCC(O)CC(=O)O)cc2Cl)cccc1-c1cccc(COc2cc(OCc3cccc(C#N)n3)c(CNCC(O)CC(=O)O)cc2Cl)c1C. The van der Waals surface area contributed by atoms with E-state index in [1.54, 1.807) is 60.7 Å². The van der Waals surface area contributed by atoms with Crippen molar-refractivity contribution in [3.05, 3.63) is 163 Å². The van der Waals surface area contributed by atoms with Gasteiger partial charge in [-0.15, -0.1) is 0 Å². The Morgan fingerprint density at radius 3 is 1.34 bits per heavy atom. The van der Waals surface area contributed by atoms with Crippen LogP contribution in [-0.2, 0) is 49.1 Å². The molecule has 0 bridgehead atoms. The zero-order chi connectivity index (χ0) is 50.2. The number of halogens is 2. The van der Waals surface area contributed by atoms with E-state index >= 15 is 0 Å². The van der Waals surface area contributed by atoms with Gasteiger partial charge in [0.05, 0.1) is 46.5 Å². The second-order valence-electron chi connectivity index (χ2n) is 16.1. The first-order valence-corrected chi connectivity index (χ1v) is 22.7. The van der Waals surface area contributed by atoms with E-state index in [0.717, 1.165) is 33.4 Å². The third-order valence-electron chi connectivity index (χ3n) is 11.0. The van der Waals surface area contributed by atoms with Crippen LogP contribution in [0.15, 0.2) is 97.1 Å². The predicted molar refractivity (Wildman–Crippen MR) is 259 cm³/mol. The van der Waals surface area contributed by atoms with E-state index in [-0.39, 0.29) is 64.0 Å². The van der Waals surface area contributed by atoms with Crippen LogP contribution in [0.4, 0.5) is 0 Å². The van der Waals surface area contributed by atoms with Gasteiger partial charge in [-0.3, -0.25) is 9.59 Å². The summed E-state index contributed by atoms with van der Waals surface area (Å²) in [5.41, 5.74) is 8.47. The van der Waals surface area contributed by atoms with Crippen molar-refractivity contribution in [3.63, 3.8) is 0 Å². The molecule has 0 aliphatic carbocycles. The smallest absolute Gasteiger partial charge is 0.306 e. The number of benzene rings is 4. The monoisotopic (exact) mass is 988 g/mol. The van der Waals surface area contributed by atoms with Crippen molar-refractivity contribution in [1.82, 2.24) is 20.6 Å².